The van der Waals surface area contributed by atoms with Gasteiger partial charge in [-0.1, -0.05) is 35.9 Å². The molecule has 0 saturated carbocycles. The third-order valence-corrected chi connectivity index (χ3v) is 5.30. The van der Waals surface area contributed by atoms with Crippen molar-refractivity contribution in [2.45, 2.75) is 6.92 Å². The first-order valence-corrected chi connectivity index (χ1v) is 9.79. The van der Waals surface area contributed by atoms with Crippen molar-refractivity contribution in [1.82, 2.24) is 0 Å². The molecule has 3 rings (SSSR count). The van der Waals surface area contributed by atoms with Crippen LogP contribution in [0.25, 0.3) is 5.57 Å². The number of carbonyl (C=O) groups excluding carboxylic acids is 2. The molecule has 0 aromatic heterocycles. The number of halogens is 1. The van der Waals surface area contributed by atoms with Gasteiger partial charge in [0.1, 0.15) is 5.75 Å². The molecule has 5 nitrogen and oxygen atoms in total. The van der Waals surface area contributed by atoms with Crippen LogP contribution in [0, 0.1) is 0 Å². The summed E-state index contributed by atoms with van der Waals surface area (Å²) in [5, 5.41) is 9.49. The molecule has 7 heteroatoms. The summed E-state index contributed by atoms with van der Waals surface area (Å²) < 4.78 is 5.44. The maximum atomic E-state index is 13.1. The Morgan fingerprint density at radius 3 is 2.41 bits per heavy atom. The molecule has 0 saturated heterocycles. The summed E-state index contributed by atoms with van der Waals surface area (Å²) in [7, 11) is 0. The van der Waals surface area contributed by atoms with Crippen molar-refractivity contribution in [3.8, 4) is 5.75 Å². The van der Waals surface area contributed by atoms with Gasteiger partial charge in [0.05, 0.1) is 34.4 Å². The minimum absolute atomic E-state index is 0.0989. The molecule has 2 amide bonds. The second-order valence-electron chi connectivity index (χ2n) is 5.63. The van der Waals surface area contributed by atoms with Crippen LogP contribution in [-0.2, 0) is 9.59 Å². The van der Waals surface area contributed by atoms with Gasteiger partial charge in [-0.05, 0) is 36.8 Å². The van der Waals surface area contributed by atoms with Crippen LogP contribution in [0.3, 0.4) is 0 Å². The predicted octanol–water partition coefficient (Wildman–Crippen LogP) is 3.75. The number of para-hydroxylation sites is 1. The fourth-order valence-corrected chi connectivity index (χ4v) is 3.86. The minimum Gasteiger partial charge on any atom is -0.494 e. The average molecular weight is 404 g/mol. The lowest BCUT2D eigenvalue weighted by Gasteiger charge is -2.16. The second kappa shape index (κ2) is 8.61. The van der Waals surface area contributed by atoms with Gasteiger partial charge in [-0.2, -0.15) is 0 Å². The Morgan fingerprint density at radius 2 is 1.78 bits per heavy atom. The van der Waals surface area contributed by atoms with Gasteiger partial charge in [0, 0.05) is 5.75 Å². The summed E-state index contributed by atoms with van der Waals surface area (Å²) in [5.41, 5.74) is 1.27. The van der Waals surface area contributed by atoms with Gasteiger partial charge < -0.3 is 9.84 Å². The summed E-state index contributed by atoms with van der Waals surface area (Å²) in [6.07, 6.45) is 0. The van der Waals surface area contributed by atoms with E-state index < -0.39 is 11.8 Å². The molecule has 2 aromatic rings. The van der Waals surface area contributed by atoms with E-state index in [4.69, 9.17) is 21.4 Å². The lowest BCUT2D eigenvalue weighted by molar-refractivity contribution is -0.119. The Bertz CT molecular complexity index is 895. The summed E-state index contributed by atoms with van der Waals surface area (Å²) in [5.74, 6) is 0.130. The molecule has 0 bridgehead atoms. The van der Waals surface area contributed by atoms with Crippen LogP contribution in [-0.4, -0.2) is 35.9 Å². The summed E-state index contributed by atoms with van der Waals surface area (Å²) in [6, 6.07) is 13.7. The van der Waals surface area contributed by atoms with Crippen LogP contribution in [0.2, 0.25) is 5.02 Å². The van der Waals surface area contributed by atoms with E-state index in [2.05, 4.69) is 0 Å². The zero-order chi connectivity index (χ0) is 19.4. The van der Waals surface area contributed by atoms with Gasteiger partial charge in [0.25, 0.3) is 11.8 Å². The number of ether oxygens (including phenoxy) is 1. The Kier molecular flexibility index (Phi) is 6.21. The van der Waals surface area contributed by atoms with Crippen LogP contribution in [0.4, 0.5) is 5.69 Å². The number of aliphatic hydroxyl groups excluding tert-OH is 1. The Balaban J connectivity index is 2.04. The van der Waals surface area contributed by atoms with Gasteiger partial charge in [-0.25, -0.2) is 4.90 Å². The highest BCUT2D eigenvalue weighted by molar-refractivity contribution is 8.04. The molecule has 0 fully saturated rings. The Hall–Kier alpha value is -2.28. The van der Waals surface area contributed by atoms with Gasteiger partial charge in [0.15, 0.2) is 0 Å². The molecule has 1 aliphatic heterocycles. The number of benzene rings is 2. The average Bonchev–Trinajstić information content (AvgIpc) is 2.91. The molecule has 27 heavy (non-hydrogen) atoms. The summed E-state index contributed by atoms with van der Waals surface area (Å²) >= 11 is 7.37. The Morgan fingerprint density at radius 1 is 1.07 bits per heavy atom. The Labute approximate surface area is 166 Å². The molecule has 1 aliphatic rings. The fourth-order valence-electron chi connectivity index (χ4n) is 2.78. The van der Waals surface area contributed by atoms with Crippen LogP contribution in [0.15, 0.2) is 53.4 Å². The molecule has 0 radical (unpaired) electrons. The van der Waals surface area contributed by atoms with Crippen LogP contribution in [0.1, 0.15) is 12.5 Å². The van der Waals surface area contributed by atoms with Gasteiger partial charge in [-0.15, -0.1) is 11.8 Å². The number of thioether (sulfide) groups is 1. The third-order valence-electron chi connectivity index (χ3n) is 3.93. The monoisotopic (exact) mass is 403 g/mol. The maximum Gasteiger partial charge on any atom is 0.272 e. The van der Waals surface area contributed by atoms with E-state index in [1.54, 1.807) is 48.5 Å². The first kappa shape index (κ1) is 19.5. The van der Waals surface area contributed by atoms with Crippen molar-refractivity contribution in [1.29, 1.82) is 0 Å². The number of carbonyl (C=O) groups is 2. The topological polar surface area (TPSA) is 66.8 Å². The summed E-state index contributed by atoms with van der Waals surface area (Å²) in [4.78, 5) is 27.5. The molecule has 0 unspecified atom stereocenters. The first-order chi connectivity index (χ1) is 13.1. The molecular weight excluding hydrogens is 386 g/mol. The van der Waals surface area contributed by atoms with Gasteiger partial charge >= 0.3 is 0 Å². The number of hydrogen-bond acceptors (Lipinski definition) is 5. The van der Waals surface area contributed by atoms with E-state index in [1.807, 2.05) is 6.92 Å². The van der Waals surface area contributed by atoms with E-state index in [1.165, 1.54) is 0 Å². The highest BCUT2D eigenvalue weighted by Crippen LogP contribution is 2.40. The van der Waals surface area contributed by atoms with Crippen molar-refractivity contribution in [3.63, 3.8) is 0 Å². The molecule has 0 atom stereocenters. The molecule has 1 N–H and O–H groups in total. The molecule has 140 valence electrons. The van der Waals surface area contributed by atoms with Crippen molar-refractivity contribution in [2.24, 2.45) is 0 Å². The van der Waals surface area contributed by atoms with Gasteiger partial charge in [-0.3, -0.25) is 9.59 Å². The van der Waals surface area contributed by atoms with Crippen molar-refractivity contribution >= 4 is 46.4 Å². The van der Waals surface area contributed by atoms with Crippen LogP contribution in [0.5, 0.6) is 5.75 Å². The third kappa shape index (κ3) is 3.88. The lowest BCUT2D eigenvalue weighted by atomic mass is 10.1. The normalized spacial score (nSPS) is 14.3. The standard InChI is InChI=1S/C20H18ClNO4S/c1-2-26-14-9-7-13(8-10-14)17-18(27-12-11-23)20(25)22(19(17)24)16-6-4-3-5-15(16)21/h3-10,23H,2,11-12H2,1H3. The highest BCUT2D eigenvalue weighted by atomic mass is 35.5. The molecule has 0 aliphatic carbocycles. The fraction of sp³-hybridized carbons (Fsp3) is 0.200. The van der Waals surface area contributed by atoms with E-state index in [9.17, 15) is 9.59 Å². The number of amides is 2. The number of imide groups is 1. The molecule has 1 heterocycles. The van der Waals surface area contributed by atoms with E-state index in [0.29, 0.717) is 44.9 Å². The predicted molar refractivity (Wildman–Crippen MR) is 108 cm³/mol. The number of rotatable bonds is 7. The van der Waals surface area contributed by atoms with E-state index >= 15 is 0 Å². The first-order valence-electron chi connectivity index (χ1n) is 8.43. The molecule has 2 aromatic carbocycles. The van der Waals surface area contributed by atoms with Crippen molar-refractivity contribution in [2.75, 3.05) is 23.9 Å². The lowest BCUT2D eigenvalue weighted by Crippen LogP contribution is -2.31. The molecular formula is C20H18ClNO4S. The SMILES string of the molecule is CCOc1ccc(C2=C(SCCO)C(=O)N(c3ccccc3Cl)C2=O)cc1. The van der Waals surface area contributed by atoms with Crippen LogP contribution < -0.4 is 9.64 Å². The zero-order valence-corrected chi connectivity index (χ0v) is 16.2. The van der Waals surface area contributed by atoms with Crippen molar-refractivity contribution in [3.05, 3.63) is 64.0 Å². The minimum atomic E-state index is -0.435. The largest absolute Gasteiger partial charge is 0.494 e. The smallest absolute Gasteiger partial charge is 0.272 e. The quantitative estimate of drug-likeness (QED) is 0.713. The number of nitrogens with zero attached hydrogens (tertiary/aromatic N) is 1. The molecule has 0 spiro atoms. The van der Waals surface area contributed by atoms with Gasteiger partial charge in [0.2, 0.25) is 0 Å². The number of anilines is 1. The van der Waals surface area contributed by atoms with E-state index in [-0.39, 0.29) is 6.61 Å². The second-order valence-corrected chi connectivity index (χ2v) is 7.14. The maximum absolute atomic E-state index is 13.1. The van der Waals surface area contributed by atoms with E-state index in [0.717, 1.165) is 16.7 Å². The van der Waals surface area contributed by atoms with Crippen LogP contribution >= 0.6 is 23.4 Å². The zero-order valence-electron chi connectivity index (χ0n) is 14.6. The summed E-state index contributed by atoms with van der Waals surface area (Å²) in [6.45, 7) is 2.33. The highest BCUT2D eigenvalue weighted by Gasteiger charge is 2.40. The number of hydrogen-bond donors (Lipinski definition) is 1. The van der Waals surface area contributed by atoms with Crippen molar-refractivity contribution < 1.29 is 19.4 Å². The number of aliphatic hydroxyl groups is 1.